The number of benzene rings is 3. The first kappa shape index (κ1) is 18.0. The second-order valence-corrected chi connectivity index (χ2v) is 7.70. The standard InChI is InChI=1S/C19H14ClNO4S/c20-14-6-10-17(11-7-14)26(23,24)18-12-8-15(9-13-18)21-19(22)25-16-4-2-1-3-5-16/h1-13H,(H,21,22). The Balaban J connectivity index is 1.72. The largest absolute Gasteiger partial charge is 0.417 e. The van der Waals surface area contributed by atoms with Gasteiger partial charge >= 0.3 is 6.09 Å². The fourth-order valence-corrected chi connectivity index (χ4v) is 3.59. The van der Waals surface area contributed by atoms with E-state index >= 15 is 0 Å². The van der Waals surface area contributed by atoms with Gasteiger partial charge in [0.05, 0.1) is 9.79 Å². The Morgan fingerprint density at radius 2 is 1.35 bits per heavy atom. The number of sulfone groups is 1. The second kappa shape index (κ2) is 7.59. The summed E-state index contributed by atoms with van der Waals surface area (Å²) in [6.45, 7) is 0. The van der Waals surface area contributed by atoms with Crippen molar-refractivity contribution in [3.63, 3.8) is 0 Å². The van der Waals surface area contributed by atoms with Gasteiger partial charge in [-0.05, 0) is 60.7 Å². The highest BCUT2D eigenvalue weighted by molar-refractivity contribution is 7.91. The van der Waals surface area contributed by atoms with Gasteiger partial charge in [-0.2, -0.15) is 0 Å². The summed E-state index contributed by atoms with van der Waals surface area (Å²) in [5.41, 5.74) is 0.418. The molecular formula is C19H14ClNO4S. The number of ether oxygens (including phenoxy) is 1. The molecule has 0 aromatic heterocycles. The number of halogens is 1. The smallest absolute Gasteiger partial charge is 0.410 e. The Hall–Kier alpha value is -2.83. The van der Waals surface area contributed by atoms with Gasteiger partial charge < -0.3 is 4.74 Å². The number of anilines is 1. The van der Waals surface area contributed by atoms with Crippen LogP contribution in [0.2, 0.25) is 5.02 Å². The van der Waals surface area contributed by atoms with Crippen LogP contribution in [0.4, 0.5) is 10.5 Å². The Morgan fingerprint density at radius 3 is 1.92 bits per heavy atom. The maximum Gasteiger partial charge on any atom is 0.417 e. The third-order valence-electron chi connectivity index (χ3n) is 3.49. The zero-order valence-corrected chi connectivity index (χ0v) is 15.0. The van der Waals surface area contributed by atoms with Gasteiger partial charge in [0.2, 0.25) is 9.84 Å². The first-order valence-electron chi connectivity index (χ1n) is 7.60. The predicted molar refractivity (Wildman–Crippen MR) is 99.4 cm³/mol. The van der Waals surface area contributed by atoms with Crippen LogP contribution in [0.3, 0.4) is 0 Å². The molecule has 0 unspecified atom stereocenters. The summed E-state index contributed by atoms with van der Waals surface area (Å²) in [7, 11) is -3.65. The van der Waals surface area contributed by atoms with E-state index in [9.17, 15) is 13.2 Å². The zero-order valence-electron chi connectivity index (χ0n) is 13.4. The average molecular weight is 388 g/mol. The van der Waals surface area contributed by atoms with Crippen molar-refractivity contribution in [3.05, 3.63) is 83.9 Å². The molecule has 7 heteroatoms. The van der Waals surface area contributed by atoms with Crippen molar-refractivity contribution in [1.82, 2.24) is 0 Å². The lowest BCUT2D eigenvalue weighted by molar-refractivity contribution is 0.215. The molecule has 0 radical (unpaired) electrons. The first-order chi connectivity index (χ1) is 12.4. The Bertz CT molecular complexity index is 1000. The van der Waals surface area contributed by atoms with Crippen molar-refractivity contribution in [2.45, 2.75) is 9.79 Å². The molecular weight excluding hydrogens is 374 g/mol. The molecule has 1 N–H and O–H groups in total. The second-order valence-electron chi connectivity index (χ2n) is 5.31. The number of amides is 1. The van der Waals surface area contributed by atoms with Gasteiger partial charge in [-0.15, -0.1) is 0 Å². The topological polar surface area (TPSA) is 72.5 Å². The average Bonchev–Trinajstić information content (AvgIpc) is 2.63. The van der Waals surface area contributed by atoms with E-state index in [2.05, 4.69) is 5.32 Å². The van der Waals surface area contributed by atoms with E-state index in [0.29, 0.717) is 16.5 Å². The van der Waals surface area contributed by atoms with Gasteiger partial charge in [0, 0.05) is 10.7 Å². The first-order valence-corrected chi connectivity index (χ1v) is 9.46. The number of carbonyl (C=O) groups is 1. The molecule has 3 aromatic carbocycles. The Morgan fingerprint density at radius 1 is 0.808 bits per heavy atom. The van der Waals surface area contributed by atoms with Crippen LogP contribution < -0.4 is 10.1 Å². The molecule has 0 fully saturated rings. The minimum Gasteiger partial charge on any atom is -0.410 e. The summed E-state index contributed by atoms with van der Waals surface area (Å²) in [6, 6.07) is 20.4. The number of rotatable bonds is 4. The summed E-state index contributed by atoms with van der Waals surface area (Å²) in [4.78, 5) is 12.1. The highest BCUT2D eigenvalue weighted by Gasteiger charge is 2.17. The number of carbonyl (C=O) groups excluding carboxylic acids is 1. The van der Waals surface area contributed by atoms with Crippen molar-refractivity contribution in [2.75, 3.05) is 5.32 Å². The van der Waals surface area contributed by atoms with E-state index < -0.39 is 15.9 Å². The molecule has 0 bridgehead atoms. The molecule has 0 aliphatic carbocycles. The summed E-state index contributed by atoms with van der Waals surface area (Å²) in [6.07, 6.45) is -0.662. The van der Waals surface area contributed by atoms with Crippen LogP contribution in [-0.4, -0.2) is 14.5 Å². The third-order valence-corrected chi connectivity index (χ3v) is 5.53. The number of hydrogen-bond donors (Lipinski definition) is 1. The molecule has 132 valence electrons. The normalized spacial score (nSPS) is 11.0. The number of hydrogen-bond acceptors (Lipinski definition) is 4. The van der Waals surface area contributed by atoms with Gasteiger partial charge in [-0.3, -0.25) is 5.32 Å². The van der Waals surface area contributed by atoms with E-state index in [0.717, 1.165) is 0 Å². The molecule has 1 amide bonds. The van der Waals surface area contributed by atoms with Crippen LogP contribution in [0.5, 0.6) is 5.75 Å². The number of nitrogens with one attached hydrogen (secondary N) is 1. The van der Waals surface area contributed by atoms with Crippen LogP contribution >= 0.6 is 11.6 Å². The van der Waals surface area contributed by atoms with Gasteiger partial charge in [0.15, 0.2) is 0 Å². The van der Waals surface area contributed by atoms with E-state index in [-0.39, 0.29) is 9.79 Å². The molecule has 3 aromatic rings. The van der Waals surface area contributed by atoms with Crippen LogP contribution in [0, 0.1) is 0 Å². The Labute approximate surface area is 156 Å². The van der Waals surface area contributed by atoms with E-state index in [1.807, 2.05) is 6.07 Å². The third kappa shape index (κ3) is 4.22. The maximum absolute atomic E-state index is 12.6. The van der Waals surface area contributed by atoms with Crippen molar-refractivity contribution < 1.29 is 17.9 Å². The number of para-hydroxylation sites is 1. The van der Waals surface area contributed by atoms with Crippen molar-refractivity contribution in [2.24, 2.45) is 0 Å². The lowest BCUT2D eigenvalue weighted by Crippen LogP contribution is -2.16. The van der Waals surface area contributed by atoms with Crippen LogP contribution in [0.1, 0.15) is 0 Å². The van der Waals surface area contributed by atoms with Gasteiger partial charge in [0.25, 0.3) is 0 Å². The van der Waals surface area contributed by atoms with Crippen LogP contribution in [0.15, 0.2) is 88.7 Å². The van der Waals surface area contributed by atoms with Crippen molar-refractivity contribution in [1.29, 1.82) is 0 Å². The molecule has 0 saturated heterocycles. The van der Waals surface area contributed by atoms with E-state index in [1.54, 1.807) is 24.3 Å². The lowest BCUT2D eigenvalue weighted by atomic mass is 10.3. The minimum absolute atomic E-state index is 0.113. The molecule has 0 atom stereocenters. The van der Waals surface area contributed by atoms with Crippen LogP contribution in [0.25, 0.3) is 0 Å². The Kier molecular flexibility index (Phi) is 5.25. The molecule has 0 heterocycles. The van der Waals surface area contributed by atoms with E-state index in [4.69, 9.17) is 16.3 Å². The highest BCUT2D eigenvalue weighted by atomic mass is 35.5. The van der Waals surface area contributed by atoms with Crippen molar-refractivity contribution in [3.8, 4) is 5.75 Å². The van der Waals surface area contributed by atoms with Crippen molar-refractivity contribution >= 4 is 33.2 Å². The molecule has 26 heavy (non-hydrogen) atoms. The van der Waals surface area contributed by atoms with Crippen LogP contribution in [-0.2, 0) is 9.84 Å². The molecule has 0 spiro atoms. The molecule has 0 aliphatic heterocycles. The monoisotopic (exact) mass is 387 g/mol. The molecule has 5 nitrogen and oxygen atoms in total. The fourth-order valence-electron chi connectivity index (χ4n) is 2.21. The van der Waals surface area contributed by atoms with Gasteiger partial charge in [0.1, 0.15) is 5.75 Å². The van der Waals surface area contributed by atoms with E-state index in [1.165, 1.54) is 48.5 Å². The summed E-state index contributed by atoms with van der Waals surface area (Å²) in [5.74, 6) is 0.409. The molecule has 0 aliphatic rings. The molecule has 0 saturated carbocycles. The summed E-state index contributed by atoms with van der Waals surface area (Å²) in [5, 5.41) is 3.00. The SMILES string of the molecule is O=C(Nc1ccc(S(=O)(=O)c2ccc(Cl)cc2)cc1)Oc1ccccc1. The van der Waals surface area contributed by atoms with Gasteiger partial charge in [-0.1, -0.05) is 29.8 Å². The minimum atomic E-state index is -3.65. The summed E-state index contributed by atoms with van der Waals surface area (Å²) < 4.78 is 30.2. The zero-order chi connectivity index (χ0) is 18.6. The predicted octanol–water partition coefficient (Wildman–Crippen LogP) is 4.78. The molecule has 3 rings (SSSR count). The maximum atomic E-state index is 12.6. The highest BCUT2D eigenvalue weighted by Crippen LogP contribution is 2.23. The quantitative estimate of drug-likeness (QED) is 0.699. The summed E-state index contributed by atoms with van der Waals surface area (Å²) >= 11 is 5.79. The lowest BCUT2D eigenvalue weighted by Gasteiger charge is -2.08. The fraction of sp³-hybridized carbons (Fsp3) is 0. The van der Waals surface area contributed by atoms with Gasteiger partial charge in [-0.25, -0.2) is 13.2 Å².